The molecule has 0 amide bonds. The van der Waals surface area contributed by atoms with E-state index < -0.39 is 0 Å². The second kappa shape index (κ2) is 11.2. The SMILES string of the molecule is c1ccc(-c2ccc(N(c3ccc(-c4cccc5c4oc4ccccc45)cc3)c3ccc4cc5sc6ccccc6c5cc4c3)cc2)cc1. The monoisotopic (exact) mass is 643 g/mol. The molecule has 0 unspecified atom stereocenters. The van der Waals surface area contributed by atoms with E-state index in [9.17, 15) is 0 Å². The van der Waals surface area contributed by atoms with Gasteiger partial charge in [-0.3, -0.25) is 0 Å². The van der Waals surface area contributed by atoms with Crippen LogP contribution in [0.25, 0.3) is 75.1 Å². The van der Waals surface area contributed by atoms with Gasteiger partial charge in [-0.1, -0.05) is 115 Å². The Morgan fingerprint density at radius 3 is 1.86 bits per heavy atom. The van der Waals surface area contributed by atoms with E-state index in [-0.39, 0.29) is 0 Å². The van der Waals surface area contributed by atoms with Gasteiger partial charge in [-0.05, 0) is 88.1 Å². The van der Waals surface area contributed by atoms with Crippen LogP contribution in [0.5, 0.6) is 0 Å². The average Bonchev–Trinajstić information content (AvgIpc) is 3.73. The molecule has 0 fully saturated rings. The number of benzene rings is 8. The van der Waals surface area contributed by atoms with Crippen LogP contribution < -0.4 is 4.90 Å². The molecule has 2 heterocycles. The molecule has 0 aliphatic heterocycles. The van der Waals surface area contributed by atoms with Gasteiger partial charge in [-0.25, -0.2) is 0 Å². The molecule has 0 bridgehead atoms. The van der Waals surface area contributed by atoms with Crippen molar-refractivity contribution in [2.24, 2.45) is 0 Å². The second-order valence-corrected chi connectivity index (χ2v) is 13.6. The zero-order valence-electron chi connectivity index (χ0n) is 26.5. The molecule has 0 atom stereocenters. The summed E-state index contributed by atoms with van der Waals surface area (Å²) < 4.78 is 9.03. The van der Waals surface area contributed by atoms with Crippen LogP contribution in [0.1, 0.15) is 0 Å². The lowest BCUT2D eigenvalue weighted by atomic mass is 10.0. The first-order chi connectivity index (χ1) is 24.3. The van der Waals surface area contributed by atoms with Gasteiger partial charge in [0, 0.05) is 53.6 Å². The fourth-order valence-corrected chi connectivity index (χ4v) is 8.38. The molecule has 2 nitrogen and oxygen atoms in total. The molecule has 3 heteroatoms. The highest BCUT2D eigenvalue weighted by Gasteiger charge is 2.17. The van der Waals surface area contributed by atoms with Crippen LogP contribution in [0.15, 0.2) is 180 Å². The van der Waals surface area contributed by atoms with E-state index in [1.54, 1.807) is 0 Å². The summed E-state index contributed by atoms with van der Waals surface area (Å²) >= 11 is 1.86. The first-order valence-electron chi connectivity index (χ1n) is 16.6. The van der Waals surface area contributed by atoms with Crippen molar-refractivity contribution in [1.82, 2.24) is 0 Å². The van der Waals surface area contributed by atoms with E-state index in [1.807, 2.05) is 23.5 Å². The van der Waals surface area contributed by atoms with Gasteiger partial charge in [0.1, 0.15) is 11.2 Å². The van der Waals surface area contributed by atoms with Gasteiger partial charge in [0.25, 0.3) is 0 Å². The zero-order chi connectivity index (χ0) is 32.3. The minimum Gasteiger partial charge on any atom is -0.455 e. The molecule has 230 valence electrons. The number of nitrogens with zero attached hydrogens (tertiary/aromatic N) is 1. The molecule has 8 aromatic carbocycles. The Kier molecular flexibility index (Phi) is 6.39. The Labute approximate surface area is 287 Å². The minimum absolute atomic E-state index is 0.913. The molecule has 0 aliphatic rings. The Hall–Kier alpha value is -6.16. The van der Waals surface area contributed by atoms with Crippen LogP contribution in [0.2, 0.25) is 0 Å². The van der Waals surface area contributed by atoms with E-state index >= 15 is 0 Å². The van der Waals surface area contributed by atoms with Gasteiger partial charge >= 0.3 is 0 Å². The number of rotatable bonds is 5. The Balaban J connectivity index is 1.10. The molecular formula is C46H29NOS. The fourth-order valence-electron chi connectivity index (χ4n) is 7.24. The number of anilines is 3. The number of furan rings is 1. The molecule has 0 spiro atoms. The Morgan fingerprint density at radius 1 is 0.388 bits per heavy atom. The van der Waals surface area contributed by atoms with E-state index in [0.717, 1.165) is 50.1 Å². The lowest BCUT2D eigenvalue weighted by molar-refractivity contribution is 0.670. The molecular weight excluding hydrogens is 615 g/mol. The summed E-state index contributed by atoms with van der Waals surface area (Å²) in [5.41, 5.74) is 9.77. The summed E-state index contributed by atoms with van der Waals surface area (Å²) in [6.45, 7) is 0. The van der Waals surface area contributed by atoms with Crippen LogP contribution in [-0.2, 0) is 0 Å². The summed E-state index contributed by atoms with van der Waals surface area (Å²) in [5, 5.41) is 7.39. The van der Waals surface area contributed by atoms with Crippen molar-refractivity contribution >= 4 is 81.3 Å². The van der Waals surface area contributed by atoms with Crippen LogP contribution in [0.3, 0.4) is 0 Å². The average molecular weight is 644 g/mol. The molecule has 0 saturated carbocycles. The van der Waals surface area contributed by atoms with Gasteiger partial charge < -0.3 is 9.32 Å². The first-order valence-corrected chi connectivity index (χ1v) is 17.4. The molecule has 0 N–H and O–H groups in total. The van der Waals surface area contributed by atoms with Crippen molar-refractivity contribution in [2.75, 3.05) is 4.90 Å². The zero-order valence-corrected chi connectivity index (χ0v) is 27.3. The van der Waals surface area contributed by atoms with Gasteiger partial charge in [-0.2, -0.15) is 0 Å². The maximum absolute atomic E-state index is 6.38. The summed E-state index contributed by atoms with van der Waals surface area (Å²) in [6.07, 6.45) is 0. The Morgan fingerprint density at radius 2 is 1.04 bits per heavy atom. The smallest absolute Gasteiger partial charge is 0.143 e. The molecule has 49 heavy (non-hydrogen) atoms. The number of hydrogen-bond donors (Lipinski definition) is 0. The quantitative estimate of drug-likeness (QED) is 0.186. The largest absolute Gasteiger partial charge is 0.455 e. The number of thiophene rings is 1. The highest BCUT2D eigenvalue weighted by atomic mass is 32.1. The topological polar surface area (TPSA) is 16.4 Å². The van der Waals surface area contributed by atoms with Crippen LogP contribution >= 0.6 is 11.3 Å². The standard InChI is InChI=1S/C46H29NOS/c1-2-9-30(10-3-1)31-17-22-35(23-18-31)47(37-26-21-33-29-45-42(28-34(33)27-37)40-12-5-7-16-44(40)49-45)36-24-19-32(20-25-36)38-13-8-14-41-39-11-4-6-15-43(39)48-46(38)41/h1-29H. The highest BCUT2D eigenvalue weighted by Crippen LogP contribution is 2.42. The third-order valence-electron chi connectivity index (χ3n) is 9.65. The molecule has 0 radical (unpaired) electrons. The highest BCUT2D eigenvalue weighted by molar-refractivity contribution is 7.25. The van der Waals surface area contributed by atoms with Crippen molar-refractivity contribution < 1.29 is 4.42 Å². The summed E-state index contributed by atoms with van der Waals surface area (Å²) in [4.78, 5) is 2.36. The van der Waals surface area contributed by atoms with Gasteiger partial charge in [0.15, 0.2) is 0 Å². The van der Waals surface area contributed by atoms with E-state index in [1.165, 1.54) is 42.1 Å². The van der Waals surface area contributed by atoms with Crippen LogP contribution in [0.4, 0.5) is 17.1 Å². The number of para-hydroxylation sites is 2. The number of fused-ring (bicyclic) bond motifs is 7. The molecule has 10 aromatic rings. The molecule has 0 saturated heterocycles. The van der Waals surface area contributed by atoms with E-state index in [4.69, 9.17) is 4.42 Å². The summed E-state index contributed by atoms with van der Waals surface area (Å²) in [7, 11) is 0. The lowest BCUT2D eigenvalue weighted by Gasteiger charge is -2.26. The lowest BCUT2D eigenvalue weighted by Crippen LogP contribution is -2.09. The third kappa shape index (κ3) is 4.70. The van der Waals surface area contributed by atoms with E-state index in [0.29, 0.717) is 0 Å². The van der Waals surface area contributed by atoms with Crippen LogP contribution in [-0.4, -0.2) is 0 Å². The van der Waals surface area contributed by atoms with Gasteiger partial charge in [0.05, 0.1) is 0 Å². The fraction of sp³-hybridized carbons (Fsp3) is 0. The van der Waals surface area contributed by atoms with Crippen molar-refractivity contribution in [3.8, 4) is 22.3 Å². The normalized spacial score (nSPS) is 11.7. The molecule has 0 aliphatic carbocycles. The van der Waals surface area contributed by atoms with Crippen LogP contribution in [0, 0.1) is 0 Å². The maximum atomic E-state index is 6.38. The van der Waals surface area contributed by atoms with Crippen molar-refractivity contribution in [3.63, 3.8) is 0 Å². The first kappa shape index (κ1) is 27.9. The second-order valence-electron chi connectivity index (χ2n) is 12.6. The minimum atomic E-state index is 0.913. The predicted octanol–water partition coefficient (Wildman–Crippen LogP) is 13.9. The Bertz CT molecular complexity index is 2810. The van der Waals surface area contributed by atoms with Gasteiger partial charge in [-0.15, -0.1) is 11.3 Å². The third-order valence-corrected chi connectivity index (χ3v) is 10.8. The molecule has 10 rings (SSSR count). The number of hydrogen-bond acceptors (Lipinski definition) is 3. The summed E-state index contributed by atoms with van der Waals surface area (Å²) in [5.74, 6) is 0. The van der Waals surface area contributed by atoms with Crippen molar-refractivity contribution in [3.05, 3.63) is 176 Å². The van der Waals surface area contributed by atoms with Gasteiger partial charge in [0.2, 0.25) is 0 Å². The van der Waals surface area contributed by atoms with Crippen molar-refractivity contribution in [2.45, 2.75) is 0 Å². The predicted molar refractivity (Wildman–Crippen MR) is 210 cm³/mol. The van der Waals surface area contributed by atoms with Crippen molar-refractivity contribution in [1.29, 1.82) is 0 Å². The molecule has 2 aromatic heterocycles. The maximum Gasteiger partial charge on any atom is 0.143 e. The van der Waals surface area contributed by atoms with E-state index in [2.05, 4.69) is 169 Å². The summed E-state index contributed by atoms with van der Waals surface area (Å²) in [6, 6.07) is 63.2.